The normalized spacial score (nSPS) is 12.5. The summed E-state index contributed by atoms with van der Waals surface area (Å²) in [6.45, 7) is 6.13. The van der Waals surface area contributed by atoms with Crippen LogP contribution in [-0.4, -0.2) is 48.4 Å². The van der Waals surface area contributed by atoms with Crippen molar-refractivity contribution in [2.45, 2.75) is 32.9 Å². The molecule has 0 saturated carbocycles. The van der Waals surface area contributed by atoms with Gasteiger partial charge in [0.05, 0.1) is 0 Å². The number of nitrogens with two attached hydrogens (primary N) is 1. The highest BCUT2D eigenvalue weighted by Gasteiger charge is 2.20. The van der Waals surface area contributed by atoms with Gasteiger partial charge in [0.15, 0.2) is 0 Å². The molecule has 4 nitrogen and oxygen atoms in total. The summed E-state index contributed by atoms with van der Waals surface area (Å²) in [7, 11) is 1.87. The molecule has 1 rings (SSSR count). The minimum Gasteiger partial charge on any atom is -0.343 e. The summed E-state index contributed by atoms with van der Waals surface area (Å²) < 4.78 is 13.7. The van der Waals surface area contributed by atoms with Crippen LogP contribution in [0.3, 0.4) is 0 Å². The molecule has 0 bridgehead atoms. The molecule has 0 heterocycles. The number of likely N-dealkylation sites (N-methyl/N-ethyl adjacent to an activating group) is 1. The summed E-state index contributed by atoms with van der Waals surface area (Å²) in [5.41, 5.74) is 6.41. The Balaban J connectivity index is 2.67. The van der Waals surface area contributed by atoms with Crippen molar-refractivity contribution in [2.24, 2.45) is 5.73 Å². The molecule has 0 spiro atoms. The average molecular weight is 295 g/mol. The van der Waals surface area contributed by atoms with E-state index in [1.54, 1.807) is 17.0 Å². The first-order chi connectivity index (χ1) is 10.0. The van der Waals surface area contributed by atoms with Crippen molar-refractivity contribution in [3.63, 3.8) is 0 Å². The van der Waals surface area contributed by atoms with Gasteiger partial charge in [-0.25, -0.2) is 4.39 Å². The van der Waals surface area contributed by atoms with Crippen LogP contribution in [0.1, 0.15) is 25.8 Å². The van der Waals surface area contributed by atoms with Crippen LogP contribution in [0.25, 0.3) is 0 Å². The molecule has 2 N–H and O–H groups in total. The molecule has 0 aliphatic carbocycles. The van der Waals surface area contributed by atoms with Crippen molar-refractivity contribution in [3.8, 4) is 0 Å². The summed E-state index contributed by atoms with van der Waals surface area (Å²) in [4.78, 5) is 15.9. The maximum atomic E-state index is 13.7. The van der Waals surface area contributed by atoms with Gasteiger partial charge in [0.25, 0.3) is 0 Å². The van der Waals surface area contributed by atoms with E-state index in [4.69, 9.17) is 5.73 Å². The van der Waals surface area contributed by atoms with Crippen molar-refractivity contribution >= 4 is 5.91 Å². The van der Waals surface area contributed by atoms with E-state index in [0.29, 0.717) is 38.2 Å². The third-order valence-corrected chi connectivity index (χ3v) is 3.80. The Morgan fingerprint density at radius 1 is 1.29 bits per heavy atom. The highest BCUT2D eigenvalue weighted by molar-refractivity contribution is 5.76. The number of carbonyl (C=O) groups is 1. The highest BCUT2D eigenvalue weighted by atomic mass is 19.1. The van der Waals surface area contributed by atoms with Gasteiger partial charge in [0.2, 0.25) is 5.91 Å². The standard InChI is InChI=1S/C16H26FN3O/c1-4-20(5-2)16(21)10-14(11-18)19(3)12-13-8-6-7-9-15(13)17/h6-9,14H,4-5,10-12,18H2,1-3H3. The number of benzene rings is 1. The number of rotatable bonds is 8. The Labute approximate surface area is 126 Å². The molecule has 1 atom stereocenters. The fraction of sp³-hybridized carbons (Fsp3) is 0.562. The van der Waals surface area contributed by atoms with Crippen LogP contribution in [-0.2, 0) is 11.3 Å². The molecule has 0 aromatic heterocycles. The molecule has 0 radical (unpaired) electrons. The number of carbonyl (C=O) groups excluding carboxylic acids is 1. The summed E-state index contributed by atoms with van der Waals surface area (Å²) in [5, 5.41) is 0. The minimum absolute atomic E-state index is 0.0855. The zero-order valence-corrected chi connectivity index (χ0v) is 13.2. The zero-order chi connectivity index (χ0) is 15.8. The lowest BCUT2D eigenvalue weighted by Gasteiger charge is -2.29. The van der Waals surface area contributed by atoms with E-state index in [-0.39, 0.29) is 17.8 Å². The van der Waals surface area contributed by atoms with Crippen LogP contribution < -0.4 is 5.73 Å². The monoisotopic (exact) mass is 295 g/mol. The molecule has 0 saturated heterocycles. The van der Waals surface area contributed by atoms with Crippen LogP contribution in [0.5, 0.6) is 0 Å². The number of hydrogen-bond donors (Lipinski definition) is 1. The number of amides is 1. The third kappa shape index (κ3) is 5.10. The smallest absolute Gasteiger partial charge is 0.224 e. The van der Waals surface area contributed by atoms with Gasteiger partial charge in [0.1, 0.15) is 5.82 Å². The van der Waals surface area contributed by atoms with E-state index in [0.717, 1.165) is 0 Å². The average Bonchev–Trinajstić information content (AvgIpc) is 2.48. The van der Waals surface area contributed by atoms with Crippen molar-refractivity contribution in [1.29, 1.82) is 0 Å². The Kier molecular flexibility index (Phi) is 7.32. The topological polar surface area (TPSA) is 49.6 Å². The van der Waals surface area contributed by atoms with E-state index >= 15 is 0 Å². The van der Waals surface area contributed by atoms with Gasteiger partial charge in [-0.2, -0.15) is 0 Å². The molecule has 1 aromatic carbocycles. The van der Waals surface area contributed by atoms with E-state index in [9.17, 15) is 9.18 Å². The first kappa shape index (κ1) is 17.6. The lowest BCUT2D eigenvalue weighted by Crippen LogP contribution is -2.42. The second kappa shape index (κ2) is 8.74. The van der Waals surface area contributed by atoms with Crippen molar-refractivity contribution < 1.29 is 9.18 Å². The summed E-state index contributed by atoms with van der Waals surface area (Å²) in [6.07, 6.45) is 0.364. The van der Waals surface area contributed by atoms with E-state index in [1.165, 1.54) is 6.07 Å². The van der Waals surface area contributed by atoms with Gasteiger partial charge >= 0.3 is 0 Å². The summed E-state index contributed by atoms with van der Waals surface area (Å²) in [6, 6.07) is 6.60. The minimum atomic E-state index is -0.227. The zero-order valence-electron chi connectivity index (χ0n) is 13.2. The van der Waals surface area contributed by atoms with Gasteiger partial charge < -0.3 is 10.6 Å². The Morgan fingerprint density at radius 3 is 2.43 bits per heavy atom. The molecule has 21 heavy (non-hydrogen) atoms. The van der Waals surface area contributed by atoms with E-state index in [1.807, 2.05) is 31.9 Å². The van der Waals surface area contributed by atoms with Crippen LogP contribution >= 0.6 is 0 Å². The predicted molar refractivity (Wildman–Crippen MR) is 83.3 cm³/mol. The maximum Gasteiger partial charge on any atom is 0.224 e. The molecule has 0 aliphatic rings. The molecule has 0 fully saturated rings. The second-order valence-corrected chi connectivity index (χ2v) is 5.17. The third-order valence-electron chi connectivity index (χ3n) is 3.80. The molecule has 5 heteroatoms. The molecule has 118 valence electrons. The molecular formula is C16H26FN3O. The Hall–Kier alpha value is -1.46. The lowest BCUT2D eigenvalue weighted by atomic mass is 10.1. The molecular weight excluding hydrogens is 269 g/mol. The number of nitrogens with zero attached hydrogens (tertiary/aromatic N) is 2. The van der Waals surface area contributed by atoms with Crippen molar-refractivity contribution in [1.82, 2.24) is 9.80 Å². The van der Waals surface area contributed by atoms with Crippen molar-refractivity contribution in [2.75, 3.05) is 26.7 Å². The molecule has 1 unspecified atom stereocenters. The van der Waals surface area contributed by atoms with Gasteiger partial charge in [0, 0.05) is 44.2 Å². The summed E-state index contributed by atoms with van der Waals surface area (Å²) in [5.74, 6) is -0.133. The summed E-state index contributed by atoms with van der Waals surface area (Å²) >= 11 is 0. The SMILES string of the molecule is CCN(CC)C(=O)CC(CN)N(C)Cc1ccccc1F. The van der Waals surface area contributed by atoms with Gasteiger partial charge in [-0.15, -0.1) is 0 Å². The van der Waals surface area contributed by atoms with Gasteiger partial charge in [-0.05, 0) is 27.0 Å². The fourth-order valence-corrected chi connectivity index (χ4v) is 2.35. The van der Waals surface area contributed by atoms with Crippen LogP contribution in [0, 0.1) is 5.82 Å². The largest absolute Gasteiger partial charge is 0.343 e. The molecule has 1 aromatic rings. The predicted octanol–water partition coefficient (Wildman–Crippen LogP) is 1.84. The van der Waals surface area contributed by atoms with E-state index in [2.05, 4.69) is 0 Å². The molecule has 1 amide bonds. The fourth-order valence-electron chi connectivity index (χ4n) is 2.35. The van der Waals surface area contributed by atoms with Crippen molar-refractivity contribution in [3.05, 3.63) is 35.6 Å². The van der Waals surface area contributed by atoms with Gasteiger partial charge in [-0.1, -0.05) is 18.2 Å². The first-order valence-electron chi connectivity index (χ1n) is 7.44. The second-order valence-electron chi connectivity index (χ2n) is 5.17. The van der Waals surface area contributed by atoms with E-state index < -0.39 is 0 Å². The quantitative estimate of drug-likeness (QED) is 0.796. The number of hydrogen-bond acceptors (Lipinski definition) is 3. The molecule has 0 aliphatic heterocycles. The number of halogens is 1. The van der Waals surface area contributed by atoms with Crippen LogP contribution in [0.2, 0.25) is 0 Å². The van der Waals surface area contributed by atoms with Crippen LogP contribution in [0.15, 0.2) is 24.3 Å². The highest BCUT2D eigenvalue weighted by Crippen LogP contribution is 2.12. The van der Waals surface area contributed by atoms with Gasteiger partial charge in [-0.3, -0.25) is 9.69 Å². The Morgan fingerprint density at radius 2 is 1.90 bits per heavy atom. The Bertz CT molecular complexity index is 449. The maximum absolute atomic E-state index is 13.7. The first-order valence-corrected chi connectivity index (χ1v) is 7.44. The lowest BCUT2D eigenvalue weighted by molar-refractivity contribution is -0.132. The van der Waals surface area contributed by atoms with Crippen LogP contribution in [0.4, 0.5) is 4.39 Å².